The van der Waals surface area contributed by atoms with Gasteiger partial charge in [0.15, 0.2) is 0 Å². The van der Waals surface area contributed by atoms with Gasteiger partial charge in [0, 0.05) is 23.5 Å². The molecule has 0 unspecified atom stereocenters. The predicted molar refractivity (Wildman–Crippen MR) is 48.3 cm³/mol. The van der Waals surface area contributed by atoms with Crippen LogP contribution >= 0.6 is 0 Å². The Balaban J connectivity index is 2.97. The summed E-state index contributed by atoms with van der Waals surface area (Å²) in [4.78, 5) is 16.6. The molecule has 0 aromatic carbocycles. The average Bonchev–Trinajstić information content (AvgIpc) is 2.17. The molecule has 0 aliphatic heterocycles. The molecule has 86 valence electrons. The van der Waals surface area contributed by atoms with Gasteiger partial charge in [-0.25, -0.2) is 14.8 Å². The third-order valence-electron chi connectivity index (χ3n) is 1.65. The highest BCUT2D eigenvalue weighted by Gasteiger charge is 2.34. The Kier molecular flexibility index (Phi) is 3.26. The molecule has 0 fully saturated rings. The van der Waals surface area contributed by atoms with Crippen LogP contribution in [0.25, 0.3) is 6.08 Å². The second-order valence-corrected chi connectivity index (χ2v) is 2.97. The molecule has 16 heavy (non-hydrogen) atoms. The number of nitrogens with zero attached hydrogens (tertiary/aromatic N) is 2. The van der Waals surface area contributed by atoms with Gasteiger partial charge in [0.05, 0.1) is 0 Å². The van der Waals surface area contributed by atoms with Gasteiger partial charge in [-0.05, 0) is 13.0 Å². The van der Waals surface area contributed by atoms with Crippen molar-refractivity contribution < 1.29 is 23.1 Å². The summed E-state index contributed by atoms with van der Waals surface area (Å²) in [6, 6.07) is 0. The number of carboxylic acids is 1. The number of carbonyl (C=O) groups is 1. The number of alkyl halides is 3. The summed E-state index contributed by atoms with van der Waals surface area (Å²) < 4.78 is 36.2. The molecule has 0 spiro atoms. The largest absolute Gasteiger partial charge is 0.478 e. The zero-order valence-corrected chi connectivity index (χ0v) is 8.12. The Labute approximate surface area is 88.5 Å². The van der Waals surface area contributed by atoms with Crippen molar-refractivity contribution in [3.8, 4) is 0 Å². The molecule has 0 amide bonds. The minimum Gasteiger partial charge on any atom is -0.478 e. The normalized spacial score (nSPS) is 12.6. The molecule has 0 saturated heterocycles. The van der Waals surface area contributed by atoms with Crippen molar-refractivity contribution >= 4 is 12.0 Å². The van der Waals surface area contributed by atoms with E-state index in [1.165, 1.54) is 13.0 Å². The number of carboxylic acid groups (broad SMARTS) is 1. The number of aromatic nitrogens is 2. The first-order valence-electron chi connectivity index (χ1n) is 4.11. The average molecular weight is 232 g/mol. The molecule has 0 atom stereocenters. The van der Waals surface area contributed by atoms with Gasteiger partial charge >= 0.3 is 12.1 Å². The number of rotatable bonds is 2. The van der Waals surface area contributed by atoms with Gasteiger partial charge in [-0.15, -0.1) is 0 Å². The lowest BCUT2D eigenvalue weighted by Crippen LogP contribution is -2.10. The second-order valence-electron chi connectivity index (χ2n) is 2.97. The fourth-order valence-corrected chi connectivity index (χ4v) is 0.871. The van der Waals surface area contributed by atoms with Gasteiger partial charge in [-0.1, -0.05) is 0 Å². The van der Waals surface area contributed by atoms with Crippen molar-refractivity contribution in [3.05, 3.63) is 29.4 Å². The molecule has 0 aliphatic rings. The SMILES string of the molecule is CC(=Cc1cnc(C(F)(F)F)nc1)C(=O)O. The van der Waals surface area contributed by atoms with Gasteiger partial charge < -0.3 is 5.11 Å². The van der Waals surface area contributed by atoms with Gasteiger partial charge in [0.25, 0.3) is 0 Å². The zero-order valence-electron chi connectivity index (χ0n) is 8.12. The van der Waals surface area contributed by atoms with Crippen LogP contribution in [0, 0.1) is 0 Å². The van der Waals surface area contributed by atoms with Crippen LogP contribution in [-0.4, -0.2) is 21.0 Å². The van der Waals surface area contributed by atoms with Crippen LogP contribution in [0.2, 0.25) is 0 Å². The van der Waals surface area contributed by atoms with Crippen molar-refractivity contribution in [1.29, 1.82) is 0 Å². The molecule has 1 heterocycles. The number of halogens is 3. The molecule has 4 nitrogen and oxygen atoms in total. The molecule has 0 aliphatic carbocycles. The van der Waals surface area contributed by atoms with Crippen LogP contribution in [0.4, 0.5) is 13.2 Å². The molecule has 1 rings (SSSR count). The van der Waals surface area contributed by atoms with E-state index in [1.807, 2.05) is 0 Å². The van der Waals surface area contributed by atoms with Gasteiger partial charge in [-0.3, -0.25) is 0 Å². The smallest absolute Gasteiger partial charge is 0.451 e. The van der Waals surface area contributed by atoms with Gasteiger partial charge in [0.1, 0.15) is 0 Å². The van der Waals surface area contributed by atoms with Crippen LogP contribution in [0.1, 0.15) is 18.3 Å². The summed E-state index contributed by atoms with van der Waals surface area (Å²) in [6.07, 6.45) is -1.57. The molecular formula is C9H7F3N2O2. The highest BCUT2D eigenvalue weighted by atomic mass is 19.4. The number of hydrogen-bond donors (Lipinski definition) is 1. The molecule has 0 saturated carbocycles. The lowest BCUT2D eigenvalue weighted by atomic mass is 10.2. The van der Waals surface area contributed by atoms with E-state index < -0.39 is 18.0 Å². The highest BCUT2D eigenvalue weighted by Crippen LogP contribution is 2.25. The maximum Gasteiger partial charge on any atom is 0.451 e. The van der Waals surface area contributed by atoms with E-state index in [2.05, 4.69) is 9.97 Å². The first kappa shape index (κ1) is 12.2. The zero-order chi connectivity index (χ0) is 12.3. The molecule has 7 heteroatoms. The maximum absolute atomic E-state index is 12.1. The quantitative estimate of drug-likeness (QED) is 0.792. The lowest BCUT2D eigenvalue weighted by Gasteiger charge is -2.03. The van der Waals surface area contributed by atoms with Crippen LogP contribution in [0.5, 0.6) is 0 Å². The summed E-state index contributed by atoms with van der Waals surface area (Å²) in [7, 11) is 0. The van der Waals surface area contributed by atoms with Crippen molar-refractivity contribution in [1.82, 2.24) is 9.97 Å². The summed E-state index contributed by atoms with van der Waals surface area (Å²) in [5, 5.41) is 8.54. The van der Waals surface area contributed by atoms with Crippen LogP contribution < -0.4 is 0 Å². The monoisotopic (exact) mass is 232 g/mol. The minimum absolute atomic E-state index is 0.0108. The fourth-order valence-electron chi connectivity index (χ4n) is 0.871. The predicted octanol–water partition coefficient (Wildman–Crippen LogP) is 1.98. The van der Waals surface area contributed by atoms with Crippen molar-refractivity contribution in [2.75, 3.05) is 0 Å². The lowest BCUT2D eigenvalue weighted by molar-refractivity contribution is -0.145. The highest BCUT2D eigenvalue weighted by molar-refractivity contribution is 5.91. The van der Waals surface area contributed by atoms with E-state index in [0.717, 1.165) is 12.4 Å². The van der Waals surface area contributed by atoms with E-state index in [0.29, 0.717) is 0 Å². The molecule has 1 aromatic heterocycles. The van der Waals surface area contributed by atoms with Crippen LogP contribution in [0.3, 0.4) is 0 Å². The van der Waals surface area contributed by atoms with Crippen molar-refractivity contribution in [2.24, 2.45) is 0 Å². The first-order chi connectivity index (χ1) is 7.30. The van der Waals surface area contributed by atoms with Crippen LogP contribution in [0.15, 0.2) is 18.0 Å². The number of aliphatic carboxylic acids is 1. The molecule has 1 aromatic rings. The number of hydrogen-bond acceptors (Lipinski definition) is 3. The van der Waals surface area contributed by atoms with Crippen molar-refractivity contribution in [2.45, 2.75) is 13.1 Å². The molecule has 0 bridgehead atoms. The summed E-state index contributed by atoms with van der Waals surface area (Å²) >= 11 is 0. The van der Waals surface area contributed by atoms with E-state index in [1.54, 1.807) is 0 Å². The Hall–Kier alpha value is -1.92. The summed E-state index contributed by atoms with van der Waals surface area (Å²) in [5.41, 5.74) is 0.191. The Morgan fingerprint density at radius 1 is 1.38 bits per heavy atom. The maximum atomic E-state index is 12.1. The summed E-state index contributed by atoms with van der Waals surface area (Å²) in [6.45, 7) is 1.32. The Morgan fingerprint density at radius 2 is 1.88 bits per heavy atom. The Bertz CT molecular complexity index is 423. The van der Waals surface area contributed by atoms with E-state index in [9.17, 15) is 18.0 Å². The third-order valence-corrected chi connectivity index (χ3v) is 1.65. The standard InChI is InChI=1S/C9H7F3N2O2/c1-5(7(15)16)2-6-3-13-8(14-4-6)9(10,11)12/h2-4H,1H3,(H,15,16). The van der Waals surface area contributed by atoms with Gasteiger partial charge in [0.2, 0.25) is 5.82 Å². The minimum atomic E-state index is -4.59. The van der Waals surface area contributed by atoms with Crippen molar-refractivity contribution in [3.63, 3.8) is 0 Å². The van der Waals surface area contributed by atoms with E-state index in [4.69, 9.17) is 5.11 Å². The van der Waals surface area contributed by atoms with E-state index in [-0.39, 0.29) is 11.1 Å². The fraction of sp³-hybridized carbons (Fsp3) is 0.222. The second kappa shape index (κ2) is 4.30. The summed E-state index contributed by atoms with van der Waals surface area (Å²) in [5.74, 6) is -2.41. The van der Waals surface area contributed by atoms with Crippen LogP contribution in [-0.2, 0) is 11.0 Å². The topological polar surface area (TPSA) is 63.1 Å². The Morgan fingerprint density at radius 3 is 2.25 bits per heavy atom. The molecular weight excluding hydrogens is 225 g/mol. The molecule has 0 radical (unpaired) electrons. The third kappa shape index (κ3) is 3.04. The van der Waals surface area contributed by atoms with Gasteiger partial charge in [-0.2, -0.15) is 13.2 Å². The van der Waals surface area contributed by atoms with E-state index >= 15 is 0 Å². The molecule has 1 N–H and O–H groups in total. The first-order valence-corrected chi connectivity index (χ1v) is 4.11.